The fourth-order valence-electron chi connectivity index (χ4n) is 1.95. The molecule has 1 aromatic heterocycles. The molecule has 2 rings (SSSR count). The van der Waals surface area contributed by atoms with Crippen molar-refractivity contribution >= 4 is 21.4 Å². The normalized spacial score (nSPS) is 15.0. The summed E-state index contributed by atoms with van der Waals surface area (Å²) in [6.45, 7) is 4.44. The molecule has 1 aromatic carbocycles. The quantitative estimate of drug-likeness (QED) is 0.852. The molecule has 17 heavy (non-hydrogen) atoms. The molecule has 2 aromatic rings. The number of hydrogen-bond acceptors (Lipinski definition) is 3. The second-order valence-corrected chi connectivity index (χ2v) is 5.48. The number of nitrogens with one attached hydrogen (secondary N) is 1. The van der Waals surface area contributed by atoms with Crippen molar-refractivity contribution in [2.24, 2.45) is 0 Å². The molecule has 3 heteroatoms. The summed E-state index contributed by atoms with van der Waals surface area (Å²) in [4.78, 5) is 1.33. The van der Waals surface area contributed by atoms with Gasteiger partial charge in [0.2, 0.25) is 0 Å². The van der Waals surface area contributed by atoms with E-state index in [0.29, 0.717) is 6.04 Å². The summed E-state index contributed by atoms with van der Waals surface area (Å²) in [7, 11) is 0. The number of aliphatic hydroxyl groups excluding tert-OH is 1. The largest absolute Gasteiger partial charge is 0.395 e. The van der Waals surface area contributed by atoms with Gasteiger partial charge in [0.15, 0.2) is 0 Å². The lowest BCUT2D eigenvalue weighted by molar-refractivity contribution is 0.230. The van der Waals surface area contributed by atoms with Crippen LogP contribution in [0.25, 0.3) is 10.1 Å². The molecule has 2 nitrogen and oxygen atoms in total. The number of rotatable bonds is 5. The van der Waals surface area contributed by atoms with E-state index in [4.69, 9.17) is 0 Å². The van der Waals surface area contributed by atoms with Crippen molar-refractivity contribution < 1.29 is 5.11 Å². The Labute approximate surface area is 106 Å². The predicted octanol–water partition coefficient (Wildman–Crippen LogP) is 3.32. The van der Waals surface area contributed by atoms with Gasteiger partial charge in [-0.1, -0.05) is 25.1 Å². The molecule has 0 aliphatic rings. The highest BCUT2D eigenvalue weighted by atomic mass is 32.1. The van der Waals surface area contributed by atoms with Crippen LogP contribution in [0.4, 0.5) is 0 Å². The van der Waals surface area contributed by atoms with Crippen molar-refractivity contribution in [1.82, 2.24) is 5.32 Å². The minimum absolute atomic E-state index is 0.190. The van der Waals surface area contributed by atoms with Gasteiger partial charge in [-0.2, -0.15) is 0 Å². The first kappa shape index (κ1) is 12.6. The second-order valence-electron chi connectivity index (χ2n) is 4.36. The smallest absolute Gasteiger partial charge is 0.0584 e. The maximum absolute atomic E-state index is 9.20. The second kappa shape index (κ2) is 5.63. The molecule has 0 amide bonds. The van der Waals surface area contributed by atoms with Crippen LogP contribution in [0, 0.1) is 0 Å². The van der Waals surface area contributed by atoms with E-state index in [2.05, 4.69) is 49.5 Å². The third kappa shape index (κ3) is 2.86. The third-order valence-corrected chi connectivity index (χ3v) is 4.37. The van der Waals surface area contributed by atoms with Crippen LogP contribution in [0.3, 0.4) is 0 Å². The molecule has 0 bridgehead atoms. The average molecular weight is 249 g/mol. The highest BCUT2D eigenvalue weighted by Crippen LogP contribution is 2.29. The van der Waals surface area contributed by atoms with E-state index < -0.39 is 0 Å². The van der Waals surface area contributed by atoms with Crippen molar-refractivity contribution in [3.8, 4) is 0 Å². The van der Waals surface area contributed by atoms with Crippen molar-refractivity contribution in [1.29, 1.82) is 0 Å². The van der Waals surface area contributed by atoms with Gasteiger partial charge < -0.3 is 10.4 Å². The molecule has 0 aliphatic carbocycles. The zero-order valence-electron chi connectivity index (χ0n) is 10.3. The summed E-state index contributed by atoms with van der Waals surface area (Å²) in [5.41, 5.74) is 0. The van der Waals surface area contributed by atoms with Gasteiger partial charge in [0.1, 0.15) is 0 Å². The lowest BCUT2D eigenvalue weighted by Gasteiger charge is -2.19. The minimum atomic E-state index is 0.190. The van der Waals surface area contributed by atoms with Crippen LogP contribution >= 0.6 is 11.3 Å². The number of fused-ring (bicyclic) bond motifs is 1. The van der Waals surface area contributed by atoms with Crippen molar-refractivity contribution in [3.63, 3.8) is 0 Å². The van der Waals surface area contributed by atoms with Crippen LogP contribution in [0.2, 0.25) is 0 Å². The molecule has 1 unspecified atom stereocenters. The molecule has 0 spiro atoms. The van der Waals surface area contributed by atoms with Crippen LogP contribution in [0.1, 0.15) is 31.2 Å². The first-order valence-electron chi connectivity index (χ1n) is 6.10. The maximum Gasteiger partial charge on any atom is 0.0584 e. The Hall–Kier alpha value is -0.900. The number of aliphatic hydroxyl groups is 1. The average Bonchev–Trinajstić information content (AvgIpc) is 2.79. The van der Waals surface area contributed by atoms with Crippen molar-refractivity contribution in [2.75, 3.05) is 6.61 Å². The van der Waals surface area contributed by atoms with Gasteiger partial charge >= 0.3 is 0 Å². The molecular formula is C14H19NOS. The van der Waals surface area contributed by atoms with Crippen molar-refractivity contribution in [2.45, 2.75) is 32.4 Å². The van der Waals surface area contributed by atoms with Gasteiger partial charge in [-0.05, 0) is 30.9 Å². The SMILES string of the molecule is CC[C@H](CO)NC(C)c1cc2ccccc2s1. The maximum atomic E-state index is 9.20. The summed E-state index contributed by atoms with van der Waals surface area (Å²) in [6, 6.07) is 11.2. The van der Waals surface area contributed by atoms with Crippen LogP contribution in [-0.4, -0.2) is 17.8 Å². The first-order chi connectivity index (χ1) is 8.24. The van der Waals surface area contributed by atoms with Gasteiger partial charge in [0, 0.05) is 21.7 Å². The number of thiophene rings is 1. The van der Waals surface area contributed by atoms with Crippen LogP contribution in [0.5, 0.6) is 0 Å². The van der Waals surface area contributed by atoms with Gasteiger partial charge in [-0.15, -0.1) is 11.3 Å². The summed E-state index contributed by atoms with van der Waals surface area (Å²) >= 11 is 1.82. The minimum Gasteiger partial charge on any atom is -0.395 e. The Morgan fingerprint density at radius 1 is 1.35 bits per heavy atom. The van der Waals surface area contributed by atoms with E-state index in [0.717, 1.165) is 6.42 Å². The Balaban J connectivity index is 2.15. The zero-order chi connectivity index (χ0) is 12.3. The summed E-state index contributed by atoms with van der Waals surface area (Å²) < 4.78 is 1.33. The Morgan fingerprint density at radius 3 is 2.76 bits per heavy atom. The van der Waals surface area contributed by atoms with Crippen LogP contribution in [-0.2, 0) is 0 Å². The first-order valence-corrected chi connectivity index (χ1v) is 6.91. The molecule has 2 N–H and O–H groups in total. The number of hydrogen-bond donors (Lipinski definition) is 2. The third-order valence-electron chi connectivity index (χ3n) is 3.07. The molecule has 0 aliphatic heterocycles. The predicted molar refractivity (Wildman–Crippen MR) is 74.5 cm³/mol. The molecule has 92 valence electrons. The molecule has 0 fully saturated rings. The highest BCUT2D eigenvalue weighted by Gasteiger charge is 2.13. The molecule has 0 saturated heterocycles. The monoisotopic (exact) mass is 249 g/mol. The molecular weight excluding hydrogens is 230 g/mol. The Morgan fingerprint density at radius 2 is 2.12 bits per heavy atom. The highest BCUT2D eigenvalue weighted by molar-refractivity contribution is 7.19. The Bertz CT molecular complexity index is 443. The molecule has 0 radical (unpaired) electrons. The van der Waals surface area contributed by atoms with E-state index in [1.807, 2.05) is 11.3 Å². The van der Waals surface area contributed by atoms with E-state index in [1.165, 1.54) is 15.0 Å². The van der Waals surface area contributed by atoms with Crippen LogP contribution in [0.15, 0.2) is 30.3 Å². The van der Waals surface area contributed by atoms with E-state index in [-0.39, 0.29) is 12.6 Å². The molecule has 0 saturated carbocycles. The topological polar surface area (TPSA) is 32.3 Å². The van der Waals surface area contributed by atoms with Gasteiger partial charge in [0.25, 0.3) is 0 Å². The summed E-state index contributed by atoms with van der Waals surface area (Å²) in [6.07, 6.45) is 0.950. The Kier molecular flexibility index (Phi) is 4.15. The molecule has 1 heterocycles. The lowest BCUT2D eigenvalue weighted by Crippen LogP contribution is -2.33. The van der Waals surface area contributed by atoms with E-state index in [1.54, 1.807) is 0 Å². The summed E-state index contributed by atoms with van der Waals surface area (Å²) in [5, 5.41) is 14.0. The molecule has 2 atom stereocenters. The standard InChI is InChI=1S/C14H19NOS/c1-3-12(9-16)15-10(2)14-8-11-6-4-5-7-13(11)17-14/h4-8,10,12,15-16H,3,9H2,1-2H3/t10?,12-/m1/s1. The zero-order valence-corrected chi connectivity index (χ0v) is 11.1. The van der Waals surface area contributed by atoms with Gasteiger partial charge in [-0.25, -0.2) is 0 Å². The summed E-state index contributed by atoms with van der Waals surface area (Å²) in [5.74, 6) is 0. The number of benzene rings is 1. The van der Waals surface area contributed by atoms with E-state index >= 15 is 0 Å². The fourth-order valence-corrected chi connectivity index (χ4v) is 3.03. The van der Waals surface area contributed by atoms with Crippen LogP contribution < -0.4 is 5.32 Å². The van der Waals surface area contributed by atoms with E-state index in [9.17, 15) is 5.11 Å². The van der Waals surface area contributed by atoms with Crippen molar-refractivity contribution in [3.05, 3.63) is 35.2 Å². The van der Waals surface area contributed by atoms with Gasteiger partial charge in [0.05, 0.1) is 6.61 Å². The fraction of sp³-hybridized carbons (Fsp3) is 0.429. The van der Waals surface area contributed by atoms with Gasteiger partial charge in [-0.3, -0.25) is 0 Å². The lowest BCUT2D eigenvalue weighted by atomic mass is 10.1.